The van der Waals surface area contributed by atoms with Gasteiger partial charge in [0, 0.05) is 36.5 Å². The van der Waals surface area contributed by atoms with Gasteiger partial charge in [0.15, 0.2) is 0 Å². The number of ether oxygens (including phenoxy) is 1. The van der Waals surface area contributed by atoms with Gasteiger partial charge in [-0.05, 0) is 118 Å². The lowest BCUT2D eigenvalue weighted by Gasteiger charge is -2.23. The first-order chi connectivity index (χ1) is 19.5. The number of para-hydroxylation sites is 1. The quantitative estimate of drug-likeness (QED) is 0.0831. The van der Waals surface area contributed by atoms with Gasteiger partial charge in [-0.1, -0.05) is 32.0 Å². The van der Waals surface area contributed by atoms with E-state index in [-0.39, 0.29) is 35.7 Å². The Balaban J connectivity index is 1.36. The molecule has 212 valence electrons. The average Bonchev–Trinajstić information content (AvgIpc) is 3.46. The van der Waals surface area contributed by atoms with E-state index in [9.17, 15) is 19.2 Å². The number of fused-ring (bicyclic) bond motifs is 1. The van der Waals surface area contributed by atoms with E-state index in [4.69, 9.17) is 4.74 Å². The number of hydrogen-bond donors (Lipinski definition) is 0. The summed E-state index contributed by atoms with van der Waals surface area (Å²) < 4.78 is 7.86. The number of aryl methyl sites for hydroxylation is 3. The van der Waals surface area contributed by atoms with E-state index in [2.05, 4.69) is 63.7 Å². The molecule has 7 nitrogen and oxygen atoms in total. The van der Waals surface area contributed by atoms with E-state index in [1.54, 1.807) is 30.0 Å². The van der Waals surface area contributed by atoms with Crippen LogP contribution in [-0.2, 0) is 22.4 Å². The molecule has 0 aromatic heterocycles. The van der Waals surface area contributed by atoms with Crippen LogP contribution >= 0.6 is 63.7 Å². The fourth-order valence-electron chi connectivity index (χ4n) is 5.35. The highest BCUT2D eigenvalue weighted by Crippen LogP contribution is 2.46. The summed E-state index contributed by atoms with van der Waals surface area (Å²) in [4.78, 5) is 55.8. The summed E-state index contributed by atoms with van der Waals surface area (Å²) in [6, 6.07) is 10.8. The maximum Gasteiger partial charge on any atom is 0.316 e. The van der Waals surface area contributed by atoms with Crippen LogP contribution in [0.4, 0.5) is 11.4 Å². The van der Waals surface area contributed by atoms with Crippen molar-refractivity contribution >= 4 is 98.8 Å². The van der Waals surface area contributed by atoms with Crippen LogP contribution in [0.15, 0.2) is 54.3 Å². The van der Waals surface area contributed by atoms with Gasteiger partial charge in [0.05, 0.1) is 22.7 Å². The van der Waals surface area contributed by atoms with Gasteiger partial charge in [0.2, 0.25) is 5.91 Å². The minimum absolute atomic E-state index is 0.0705. The van der Waals surface area contributed by atoms with Gasteiger partial charge in [-0.25, -0.2) is 4.90 Å². The van der Waals surface area contributed by atoms with Crippen molar-refractivity contribution in [3.05, 3.63) is 82.1 Å². The molecule has 0 unspecified atom stereocenters. The number of rotatable bonds is 6. The zero-order valence-corrected chi connectivity index (χ0v) is 28.7. The highest BCUT2D eigenvalue weighted by molar-refractivity contribution is 9.15. The monoisotopic (exact) mass is 808 g/mol. The molecule has 3 aromatic rings. The van der Waals surface area contributed by atoms with E-state index in [1.807, 2.05) is 32.0 Å². The maximum atomic E-state index is 13.4. The Hall–Kier alpha value is -2.34. The summed E-state index contributed by atoms with van der Waals surface area (Å²) in [5.41, 5.74) is 4.50. The molecule has 0 spiro atoms. The minimum atomic E-state index is -0.611. The molecule has 0 aliphatic carbocycles. The zero-order chi connectivity index (χ0) is 29.7. The third-order valence-corrected chi connectivity index (χ3v) is 12.2. The minimum Gasteiger partial charge on any atom is -0.426 e. The van der Waals surface area contributed by atoms with Crippen molar-refractivity contribution in [2.75, 3.05) is 16.3 Å². The lowest BCUT2D eigenvalue weighted by Crippen LogP contribution is -2.30. The highest BCUT2D eigenvalue weighted by Gasteiger charge is 2.42. The summed E-state index contributed by atoms with van der Waals surface area (Å²) in [6.45, 7) is 6.09. The number of hydrogen-bond acceptors (Lipinski definition) is 5. The highest BCUT2D eigenvalue weighted by atomic mass is 79.9. The van der Waals surface area contributed by atoms with Crippen molar-refractivity contribution in [3.8, 4) is 5.75 Å². The molecule has 0 bridgehead atoms. The largest absolute Gasteiger partial charge is 0.426 e. The molecule has 2 heterocycles. The fraction of sp³-hybridized carbons (Fsp3) is 0.267. The van der Waals surface area contributed by atoms with Gasteiger partial charge in [-0.15, -0.1) is 0 Å². The Labute approximate surface area is 271 Å². The molecule has 0 saturated carbocycles. The zero-order valence-electron chi connectivity index (χ0n) is 22.3. The number of esters is 1. The molecule has 1 atom stereocenters. The Morgan fingerprint density at radius 1 is 0.878 bits per heavy atom. The molecule has 2 aliphatic heterocycles. The molecular formula is C30H24Br4N2O5. The Morgan fingerprint density at radius 3 is 1.95 bits per heavy atom. The second-order valence-corrected chi connectivity index (χ2v) is 13.0. The molecular weight excluding hydrogens is 788 g/mol. The molecule has 1 fully saturated rings. The lowest BCUT2D eigenvalue weighted by molar-refractivity contribution is -0.139. The van der Waals surface area contributed by atoms with Crippen LogP contribution in [0.25, 0.3) is 0 Å². The number of halogens is 4. The molecule has 41 heavy (non-hydrogen) atoms. The van der Waals surface area contributed by atoms with Crippen LogP contribution in [-0.4, -0.2) is 30.2 Å². The number of nitrogens with zero attached hydrogens (tertiary/aromatic N) is 2. The van der Waals surface area contributed by atoms with Crippen LogP contribution in [0.2, 0.25) is 0 Å². The number of amides is 3. The van der Waals surface area contributed by atoms with Crippen LogP contribution in [0, 0.1) is 12.8 Å². The number of carbonyl (C=O) groups excluding carboxylic acids is 4. The van der Waals surface area contributed by atoms with Crippen LogP contribution in [0.5, 0.6) is 5.75 Å². The van der Waals surface area contributed by atoms with E-state index < -0.39 is 23.7 Å². The third-order valence-electron chi connectivity index (χ3n) is 7.42. The lowest BCUT2D eigenvalue weighted by atomic mass is 10.0. The summed E-state index contributed by atoms with van der Waals surface area (Å²) in [5.74, 6) is -1.88. The first-order valence-electron chi connectivity index (χ1n) is 13.0. The van der Waals surface area contributed by atoms with Crippen molar-refractivity contribution in [2.24, 2.45) is 5.92 Å². The number of anilines is 2. The summed E-state index contributed by atoms with van der Waals surface area (Å²) in [5, 5.41) is 0. The van der Waals surface area contributed by atoms with Crippen LogP contribution in [0.3, 0.4) is 0 Å². The normalized spacial score (nSPS) is 16.6. The summed E-state index contributed by atoms with van der Waals surface area (Å²) in [7, 11) is 0. The molecule has 5 rings (SSSR count). The Kier molecular flexibility index (Phi) is 8.63. The third kappa shape index (κ3) is 5.13. The average molecular weight is 812 g/mol. The second-order valence-electron chi connectivity index (χ2n) is 9.86. The number of carbonyl (C=O) groups is 4. The van der Waals surface area contributed by atoms with Gasteiger partial charge in [0.1, 0.15) is 5.75 Å². The van der Waals surface area contributed by atoms with E-state index in [0.29, 0.717) is 29.1 Å². The standard InChI is InChI=1S/C30H24Br4N2O5/c1-4-15-7-6-8-16(5-2)27(15)35-13-17(12-20(35)37)30(40)41-18-9-10-19(14(3)11-18)36-28(38)21-22(29(36)39)24(32)26(34)25(33)23(21)31/h6-11,17H,4-5,12-13H2,1-3H3/t17-/m0/s1. The molecule has 0 radical (unpaired) electrons. The Morgan fingerprint density at radius 2 is 1.44 bits per heavy atom. The summed E-state index contributed by atoms with van der Waals surface area (Å²) in [6.07, 6.45) is 1.63. The first kappa shape index (κ1) is 30.1. The van der Waals surface area contributed by atoms with Gasteiger partial charge in [-0.2, -0.15) is 0 Å². The van der Waals surface area contributed by atoms with Crippen molar-refractivity contribution < 1.29 is 23.9 Å². The summed E-state index contributed by atoms with van der Waals surface area (Å²) >= 11 is 13.7. The predicted octanol–water partition coefficient (Wildman–Crippen LogP) is 7.93. The van der Waals surface area contributed by atoms with Crippen molar-refractivity contribution in [1.82, 2.24) is 0 Å². The smallest absolute Gasteiger partial charge is 0.316 e. The maximum absolute atomic E-state index is 13.4. The van der Waals surface area contributed by atoms with E-state index >= 15 is 0 Å². The van der Waals surface area contributed by atoms with Crippen molar-refractivity contribution in [1.29, 1.82) is 0 Å². The van der Waals surface area contributed by atoms with E-state index in [0.717, 1.165) is 34.6 Å². The Bertz CT molecular complexity index is 1590. The van der Waals surface area contributed by atoms with Gasteiger partial charge >= 0.3 is 5.97 Å². The molecule has 2 aliphatic rings. The second kappa shape index (κ2) is 11.7. The molecule has 3 amide bonds. The van der Waals surface area contributed by atoms with Gasteiger partial charge in [-0.3, -0.25) is 19.2 Å². The molecule has 11 heteroatoms. The fourth-order valence-corrected chi connectivity index (χ4v) is 7.81. The van der Waals surface area contributed by atoms with Gasteiger partial charge < -0.3 is 9.64 Å². The molecule has 3 aromatic carbocycles. The number of imide groups is 1. The van der Waals surface area contributed by atoms with Crippen molar-refractivity contribution in [3.63, 3.8) is 0 Å². The van der Waals surface area contributed by atoms with Gasteiger partial charge in [0.25, 0.3) is 11.8 Å². The molecule has 0 N–H and O–H groups in total. The topological polar surface area (TPSA) is 84.0 Å². The molecule has 1 saturated heterocycles. The SMILES string of the molecule is CCc1cccc(CC)c1N1C[C@@H](C(=O)Oc2ccc(N3C(=O)c4c(Br)c(Br)c(Br)c(Br)c4C3=O)c(C)c2)CC1=O. The van der Waals surface area contributed by atoms with Crippen molar-refractivity contribution in [2.45, 2.75) is 40.0 Å². The van der Waals surface area contributed by atoms with Crippen LogP contribution in [0.1, 0.15) is 57.7 Å². The number of benzene rings is 3. The predicted molar refractivity (Wildman–Crippen MR) is 171 cm³/mol. The van der Waals surface area contributed by atoms with E-state index in [1.165, 1.54) is 0 Å². The first-order valence-corrected chi connectivity index (χ1v) is 16.1. The van der Waals surface area contributed by atoms with Crippen LogP contribution < -0.4 is 14.5 Å².